The fourth-order valence-electron chi connectivity index (χ4n) is 2.03. The van der Waals surface area contributed by atoms with E-state index in [1.165, 1.54) is 16.0 Å². The predicted molar refractivity (Wildman–Crippen MR) is 82.4 cm³/mol. The lowest BCUT2D eigenvalue weighted by Crippen LogP contribution is -1.97. The second kappa shape index (κ2) is 6.78. The molecule has 100 valence electrons. The van der Waals surface area contributed by atoms with Crippen LogP contribution in [0.15, 0.2) is 53.4 Å². The SMILES string of the molecule is CCC(O)c1ccccc1SCc1ccccc1C. The summed E-state index contributed by atoms with van der Waals surface area (Å²) in [5.74, 6) is 0.945. The van der Waals surface area contributed by atoms with Crippen molar-refractivity contribution < 1.29 is 5.11 Å². The number of aliphatic hydroxyl groups excluding tert-OH is 1. The van der Waals surface area contributed by atoms with Crippen LogP contribution in [0.25, 0.3) is 0 Å². The van der Waals surface area contributed by atoms with Crippen molar-refractivity contribution >= 4 is 11.8 Å². The van der Waals surface area contributed by atoms with Crippen LogP contribution in [0.2, 0.25) is 0 Å². The Morgan fingerprint density at radius 3 is 2.47 bits per heavy atom. The molecular formula is C17H20OS. The molecule has 0 radical (unpaired) electrons. The third kappa shape index (κ3) is 3.62. The van der Waals surface area contributed by atoms with Crippen LogP contribution >= 0.6 is 11.8 Å². The zero-order valence-corrected chi connectivity index (χ0v) is 12.3. The van der Waals surface area contributed by atoms with Crippen molar-refractivity contribution in [3.05, 3.63) is 65.2 Å². The van der Waals surface area contributed by atoms with E-state index in [-0.39, 0.29) is 6.10 Å². The van der Waals surface area contributed by atoms with E-state index < -0.39 is 0 Å². The number of benzene rings is 2. The highest BCUT2D eigenvalue weighted by atomic mass is 32.2. The van der Waals surface area contributed by atoms with Gasteiger partial charge in [0.25, 0.3) is 0 Å². The van der Waals surface area contributed by atoms with Crippen LogP contribution in [0.1, 0.15) is 36.1 Å². The molecule has 1 unspecified atom stereocenters. The molecular weight excluding hydrogens is 252 g/mol. The van der Waals surface area contributed by atoms with Gasteiger partial charge in [-0.15, -0.1) is 11.8 Å². The first-order chi connectivity index (χ1) is 9.22. The van der Waals surface area contributed by atoms with Crippen LogP contribution in [0.3, 0.4) is 0 Å². The van der Waals surface area contributed by atoms with Gasteiger partial charge in [0.05, 0.1) is 6.10 Å². The van der Waals surface area contributed by atoms with Crippen molar-refractivity contribution in [1.29, 1.82) is 0 Å². The molecule has 1 atom stereocenters. The van der Waals surface area contributed by atoms with E-state index in [2.05, 4.69) is 37.3 Å². The van der Waals surface area contributed by atoms with Crippen molar-refractivity contribution in [3.8, 4) is 0 Å². The lowest BCUT2D eigenvalue weighted by atomic mass is 10.1. The van der Waals surface area contributed by atoms with Crippen molar-refractivity contribution in [2.24, 2.45) is 0 Å². The summed E-state index contributed by atoms with van der Waals surface area (Å²) in [6.07, 6.45) is 0.391. The van der Waals surface area contributed by atoms with Crippen LogP contribution in [0.5, 0.6) is 0 Å². The van der Waals surface area contributed by atoms with Crippen LogP contribution in [-0.2, 0) is 5.75 Å². The molecule has 2 rings (SSSR count). The molecule has 2 aromatic carbocycles. The zero-order valence-electron chi connectivity index (χ0n) is 11.5. The second-order valence-electron chi connectivity index (χ2n) is 4.68. The number of aryl methyl sites for hydroxylation is 1. The molecule has 0 heterocycles. The summed E-state index contributed by atoms with van der Waals surface area (Å²) in [5, 5.41) is 10.0. The van der Waals surface area contributed by atoms with Gasteiger partial charge in [0.15, 0.2) is 0 Å². The average Bonchev–Trinajstić information content (AvgIpc) is 2.46. The van der Waals surface area contributed by atoms with E-state index in [1.54, 1.807) is 11.8 Å². The summed E-state index contributed by atoms with van der Waals surface area (Å²) >= 11 is 1.80. The van der Waals surface area contributed by atoms with Crippen molar-refractivity contribution in [3.63, 3.8) is 0 Å². The summed E-state index contributed by atoms with van der Waals surface area (Å²) < 4.78 is 0. The Bertz CT molecular complexity index is 536. The van der Waals surface area contributed by atoms with E-state index in [0.717, 1.165) is 17.7 Å². The summed E-state index contributed by atoms with van der Waals surface area (Å²) in [5.41, 5.74) is 3.72. The monoisotopic (exact) mass is 272 g/mol. The van der Waals surface area contributed by atoms with Crippen LogP contribution in [0, 0.1) is 6.92 Å². The molecule has 0 aromatic heterocycles. The molecule has 19 heavy (non-hydrogen) atoms. The van der Waals surface area contributed by atoms with Crippen molar-refractivity contribution in [2.75, 3.05) is 0 Å². The molecule has 0 aliphatic heterocycles. The lowest BCUT2D eigenvalue weighted by molar-refractivity contribution is 0.171. The van der Waals surface area contributed by atoms with Gasteiger partial charge < -0.3 is 5.11 Å². The first-order valence-corrected chi connectivity index (χ1v) is 7.65. The molecule has 0 fully saturated rings. The molecule has 1 nitrogen and oxygen atoms in total. The van der Waals surface area contributed by atoms with Gasteiger partial charge in [0.2, 0.25) is 0 Å². The standard InChI is InChI=1S/C17H20OS/c1-3-16(18)15-10-6-7-11-17(15)19-12-14-9-5-4-8-13(14)2/h4-11,16,18H,3,12H2,1-2H3. The van der Waals surface area contributed by atoms with Gasteiger partial charge in [0.1, 0.15) is 0 Å². The molecule has 0 amide bonds. The third-order valence-electron chi connectivity index (χ3n) is 3.31. The third-order valence-corrected chi connectivity index (χ3v) is 4.45. The summed E-state index contributed by atoms with van der Waals surface area (Å²) in [6.45, 7) is 4.15. The van der Waals surface area contributed by atoms with E-state index in [4.69, 9.17) is 0 Å². The minimum atomic E-state index is -0.361. The molecule has 0 saturated carbocycles. The molecule has 0 aliphatic rings. The van der Waals surface area contributed by atoms with Crippen LogP contribution in [-0.4, -0.2) is 5.11 Å². The fourth-order valence-corrected chi connectivity index (χ4v) is 3.22. The van der Waals surface area contributed by atoms with Crippen molar-refractivity contribution in [1.82, 2.24) is 0 Å². The Morgan fingerprint density at radius 2 is 1.74 bits per heavy atom. The Balaban J connectivity index is 2.14. The van der Waals surface area contributed by atoms with E-state index in [9.17, 15) is 5.11 Å². The molecule has 0 saturated heterocycles. The maximum absolute atomic E-state index is 10.0. The Morgan fingerprint density at radius 1 is 1.05 bits per heavy atom. The largest absolute Gasteiger partial charge is 0.388 e. The molecule has 2 aromatic rings. The van der Waals surface area contributed by atoms with Gasteiger partial charge >= 0.3 is 0 Å². The minimum Gasteiger partial charge on any atom is -0.388 e. The number of rotatable bonds is 5. The highest BCUT2D eigenvalue weighted by Crippen LogP contribution is 2.31. The number of thioether (sulfide) groups is 1. The molecule has 0 spiro atoms. The van der Waals surface area contributed by atoms with Gasteiger partial charge in [0, 0.05) is 10.6 Å². The Labute approximate surface area is 119 Å². The number of hydrogen-bond donors (Lipinski definition) is 1. The Kier molecular flexibility index (Phi) is 5.06. The topological polar surface area (TPSA) is 20.2 Å². The molecule has 0 aliphatic carbocycles. The molecule has 1 N–H and O–H groups in total. The van der Waals surface area contributed by atoms with Gasteiger partial charge in [-0.25, -0.2) is 0 Å². The van der Waals surface area contributed by atoms with E-state index in [1.807, 2.05) is 25.1 Å². The maximum Gasteiger partial charge on any atom is 0.0798 e. The van der Waals surface area contributed by atoms with Gasteiger partial charge in [-0.05, 0) is 36.1 Å². The summed E-state index contributed by atoms with van der Waals surface area (Å²) in [7, 11) is 0. The highest BCUT2D eigenvalue weighted by molar-refractivity contribution is 7.98. The average molecular weight is 272 g/mol. The minimum absolute atomic E-state index is 0.361. The quantitative estimate of drug-likeness (QED) is 0.794. The zero-order chi connectivity index (χ0) is 13.7. The summed E-state index contributed by atoms with van der Waals surface area (Å²) in [6, 6.07) is 16.6. The smallest absolute Gasteiger partial charge is 0.0798 e. The molecule has 2 heteroatoms. The van der Waals surface area contributed by atoms with Crippen LogP contribution < -0.4 is 0 Å². The van der Waals surface area contributed by atoms with E-state index >= 15 is 0 Å². The Hall–Kier alpha value is -1.25. The fraction of sp³-hybridized carbons (Fsp3) is 0.294. The number of aliphatic hydroxyl groups is 1. The lowest BCUT2D eigenvalue weighted by Gasteiger charge is -2.14. The maximum atomic E-state index is 10.0. The first kappa shape index (κ1) is 14.2. The first-order valence-electron chi connectivity index (χ1n) is 6.66. The highest BCUT2D eigenvalue weighted by Gasteiger charge is 2.10. The number of hydrogen-bond acceptors (Lipinski definition) is 2. The molecule has 0 bridgehead atoms. The van der Waals surface area contributed by atoms with Crippen LogP contribution in [0.4, 0.5) is 0 Å². The van der Waals surface area contributed by atoms with E-state index in [0.29, 0.717) is 0 Å². The summed E-state index contributed by atoms with van der Waals surface area (Å²) in [4.78, 5) is 1.18. The van der Waals surface area contributed by atoms with Gasteiger partial charge in [-0.2, -0.15) is 0 Å². The second-order valence-corrected chi connectivity index (χ2v) is 5.69. The van der Waals surface area contributed by atoms with Gasteiger partial charge in [-0.3, -0.25) is 0 Å². The van der Waals surface area contributed by atoms with Crippen molar-refractivity contribution in [2.45, 2.75) is 37.0 Å². The predicted octanol–water partition coefficient (Wildman–Crippen LogP) is 4.73. The van der Waals surface area contributed by atoms with Gasteiger partial charge in [-0.1, -0.05) is 49.4 Å². The normalized spacial score (nSPS) is 12.4.